The number of aliphatic hydroxyl groups is 1. The van der Waals surface area contributed by atoms with Crippen molar-refractivity contribution >= 4 is 17.8 Å². The molecule has 0 bridgehead atoms. The van der Waals surface area contributed by atoms with Gasteiger partial charge in [-0.15, -0.1) is 0 Å². The number of imide groups is 1. The quantitative estimate of drug-likeness (QED) is 0.737. The number of hydrogen-bond acceptors (Lipinski definition) is 5. The molecule has 1 aliphatic heterocycles. The van der Waals surface area contributed by atoms with Crippen molar-refractivity contribution in [3.05, 3.63) is 0 Å². The highest BCUT2D eigenvalue weighted by Crippen LogP contribution is 2.20. The smallest absolute Gasteiger partial charge is 0.417 e. The SMILES string of the molecule is CC(C)(C)OC(=O)N1CC(CCO)C(=O)CC1=O. The van der Waals surface area contributed by atoms with E-state index in [2.05, 4.69) is 0 Å². The average Bonchev–Trinajstić information content (AvgIpc) is 2.19. The Hall–Kier alpha value is -1.43. The molecule has 102 valence electrons. The third kappa shape index (κ3) is 3.80. The summed E-state index contributed by atoms with van der Waals surface area (Å²) < 4.78 is 5.10. The van der Waals surface area contributed by atoms with E-state index in [0.717, 1.165) is 4.90 Å². The second kappa shape index (κ2) is 5.48. The standard InChI is InChI=1S/C12H19NO5/c1-12(2,3)18-11(17)13-7-8(4-5-14)9(15)6-10(13)16/h8,14H,4-7H2,1-3H3. The van der Waals surface area contributed by atoms with E-state index >= 15 is 0 Å². The first-order valence-electron chi connectivity index (χ1n) is 5.91. The summed E-state index contributed by atoms with van der Waals surface area (Å²) in [7, 11) is 0. The molecule has 0 aromatic heterocycles. The Morgan fingerprint density at radius 1 is 1.44 bits per heavy atom. The van der Waals surface area contributed by atoms with Crippen LogP contribution in [0.3, 0.4) is 0 Å². The van der Waals surface area contributed by atoms with Crippen LogP contribution in [0, 0.1) is 5.92 Å². The Balaban J connectivity index is 2.72. The van der Waals surface area contributed by atoms with Gasteiger partial charge in [0.1, 0.15) is 11.4 Å². The van der Waals surface area contributed by atoms with Crippen LogP contribution in [0.5, 0.6) is 0 Å². The minimum atomic E-state index is -0.733. The summed E-state index contributed by atoms with van der Waals surface area (Å²) >= 11 is 0. The van der Waals surface area contributed by atoms with Gasteiger partial charge in [0.15, 0.2) is 0 Å². The molecule has 18 heavy (non-hydrogen) atoms. The number of ether oxygens (including phenoxy) is 1. The molecular weight excluding hydrogens is 238 g/mol. The fourth-order valence-electron chi connectivity index (χ4n) is 1.71. The summed E-state index contributed by atoms with van der Waals surface area (Å²) in [5.74, 6) is -1.25. The Kier molecular flexibility index (Phi) is 4.45. The lowest BCUT2D eigenvalue weighted by Gasteiger charge is -2.31. The highest BCUT2D eigenvalue weighted by atomic mass is 16.6. The molecule has 1 saturated heterocycles. The van der Waals surface area contributed by atoms with Crippen molar-refractivity contribution in [3.8, 4) is 0 Å². The van der Waals surface area contributed by atoms with Gasteiger partial charge < -0.3 is 9.84 Å². The zero-order chi connectivity index (χ0) is 13.9. The maximum absolute atomic E-state index is 11.8. The maximum atomic E-state index is 11.8. The van der Waals surface area contributed by atoms with E-state index in [1.54, 1.807) is 20.8 Å². The van der Waals surface area contributed by atoms with Crippen LogP contribution in [0.2, 0.25) is 0 Å². The van der Waals surface area contributed by atoms with Crippen molar-refractivity contribution in [2.75, 3.05) is 13.2 Å². The first-order valence-corrected chi connectivity index (χ1v) is 5.91. The summed E-state index contributed by atoms with van der Waals surface area (Å²) in [6.07, 6.45) is -0.780. The number of likely N-dealkylation sites (tertiary alicyclic amines) is 1. The topological polar surface area (TPSA) is 83.9 Å². The number of hydrogen-bond donors (Lipinski definition) is 1. The second-order valence-corrected chi connectivity index (χ2v) is 5.34. The van der Waals surface area contributed by atoms with Crippen LogP contribution in [0.1, 0.15) is 33.6 Å². The zero-order valence-corrected chi connectivity index (χ0v) is 10.9. The third-order valence-electron chi connectivity index (χ3n) is 2.58. The zero-order valence-electron chi connectivity index (χ0n) is 10.9. The lowest BCUT2D eigenvalue weighted by Crippen LogP contribution is -2.49. The monoisotopic (exact) mass is 257 g/mol. The number of carbonyl (C=O) groups excluding carboxylic acids is 3. The molecule has 0 aromatic carbocycles. The summed E-state index contributed by atoms with van der Waals surface area (Å²) in [4.78, 5) is 35.9. The van der Waals surface area contributed by atoms with Crippen molar-refractivity contribution in [3.63, 3.8) is 0 Å². The molecule has 0 spiro atoms. The molecule has 1 rings (SSSR count). The molecule has 1 heterocycles. The normalized spacial score (nSPS) is 21.1. The van der Waals surface area contributed by atoms with Crippen LogP contribution in [-0.2, 0) is 14.3 Å². The molecule has 1 unspecified atom stereocenters. The van der Waals surface area contributed by atoms with Crippen LogP contribution in [0.25, 0.3) is 0 Å². The van der Waals surface area contributed by atoms with Crippen LogP contribution in [0.15, 0.2) is 0 Å². The maximum Gasteiger partial charge on any atom is 0.417 e. The molecule has 0 aromatic rings. The largest absolute Gasteiger partial charge is 0.443 e. The van der Waals surface area contributed by atoms with Gasteiger partial charge in [-0.25, -0.2) is 9.69 Å². The fourth-order valence-corrected chi connectivity index (χ4v) is 1.71. The van der Waals surface area contributed by atoms with Gasteiger partial charge >= 0.3 is 6.09 Å². The van der Waals surface area contributed by atoms with Crippen LogP contribution in [-0.4, -0.2) is 46.5 Å². The number of nitrogens with zero attached hydrogens (tertiary/aromatic N) is 1. The molecule has 0 aliphatic carbocycles. The number of aliphatic hydroxyl groups excluding tert-OH is 1. The summed E-state index contributed by atoms with van der Waals surface area (Å²) in [6.45, 7) is 4.96. The lowest BCUT2D eigenvalue weighted by atomic mass is 9.93. The summed E-state index contributed by atoms with van der Waals surface area (Å²) in [5, 5.41) is 8.84. The average molecular weight is 257 g/mol. The number of piperidine rings is 1. The molecular formula is C12H19NO5. The van der Waals surface area contributed by atoms with Crippen molar-refractivity contribution in [2.24, 2.45) is 5.92 Å². The van der Waals surface area contributed by atoms with E-state index < -0.39 is 23.5 Å². The van der Waals surface area contributed by atoms with Crippen molar-refractivity contribution in [1.29, 1.82) is 0 Å². The molecule has 1 N–H and O–H groups in total. The Bertz CT molecular complexity index is 358. The highest BCUT2D eigenvalue weighted by Gasteiger charge is 2.37. The second-order valence-electron chi connectivity index (χ2n) is 5.34. The van der Waals surface area contributed by atoms with Crippen molar-refractivity contribution in [1.82, 2.24) is 4.90 Å². The van der Waals surface area contributed by atoms with Crippen molar-refractivity contribution < 1.29 is 24.2 Å². The number of ketones is 1. The molecule has 1 atom stereocenters. The minimum absolute atomic E-state index is 0.00681. The van der Waals surface area contributed by atoms with E-state index in [4.69, 9.17) is 9.84 Å². The molecule has 2 amide bonds. The molecule has 0 saturated carbocycles. The molecule has 6 nitrogen and oxygen atoms in total. The van der Waals surface area contributed by atoms with Gasteiger partial charge in [-0.1, -0.05) is 0 Å². The number of carbonyl (C=O) groups is 3. The highest BCUT2D eigenvalue weighted by molar-refractivity contribution is 6.06. The number of rotatable bonds is 2. The van der Waals surface area contributed by atoms with Crippen LogP contribution >= 0.6 is 0 Å². The van der Waals surface area contributed by atoms with Gasteiger partial charge in [0, 0.05) is 19.1 Å². The predicted octanol–water partition coefficient (Wildman–Crippen LogP) is 0.721. The molecule has 1 aliphatic rings. The van der Waals surface area contributed by atoms with Gasteiger partial charge in [-0.05, 0) is 27.2 Å². The van der Waals surface area contributed by atoms with Crippen LogP contribution in [0.4, 0.5) is 4.79 Å². The molecule has 6 heteroatoms. The van der Waals surface area contributed by atoms with E-state index in [-0.39, 0.29) is 31.8 Å². The van der Waals surface area contributed by atoms with E-state index in [0.29, 0.717) is 0 Å². The minimum Gasteiger partial charge on any atom is -0.443 e. The van der Waals surface area contributed by atoms with Gasteiger partial charge in [0.2, 0.25) is 5.91 Å². The number of amides is 2. The van der Waals surface area contributed by atoms with Gasteiger partial charge in [-0.2, -0.15) is 0 Å². The van der Waals surface area contributed by atoms with E-state index in [9.17, 15) is 14.4 Å². The Morgan fingerprint density at radius 3 is 2.56 bits per heavy atom. The lowest BCUT2D eigenvalue weighted by molar-refractivity contribution is -0.141. The predicted molar refractivity (Wildman–Crippen MR) is 62.8 cm³/mol. The Labute approximate surface area is 106 Å². The van der Waals surface area contributed by atoms with E-state index in [1.165, 1.54) is 0 Å². The summed E-state index contributed by atoms with van der Waals surface area (Å²) in [5.41, 5.74) is -0.689. The first kappa shape index (κ1) is 14.6. The molecule has 0 radical (unpaired) electrons. The van der Waals surface area contributed by atoms with Gasteiger partial charge in [0.25, 0.3) is 0 Å². The van der Waals surface area contributed by atoms with E-state index in [1.807, 2.05) is 0 Å². The number of Topliss-reactive ketones (excluding diaryl/α,β-unsaturated/α-hetero) is 1. The third-order valence-corrected chi connectivity index (χ3v) is 2.58. The van der Waals surface area contributed by atoms with Crippen LogP contribution < -0.4 is 0 Å². The summed E-state index contributed by atoms with van der Waals surface area (Å²) in [6, 6.07) is 0. The fraction of sp³-hybridized carbons (Fsp3) is 0.750. The Morgan fingerprint density at radius 2 is 2.06 bits per heavy atom. The van der Waals surface area contributed by atoms with Crippen molar-refractivity contribution in [2.45, 2.75) is 39.2 Å². The van der Waals surface area contributed by atoms with Gasteiger partial charge in [-0.3, -0.25) is 9.59 Å². The van der Waals surface area contributed by atoms with Gasteiger partial charge in [0.05, 0.1) is 6.42 Å². The first-order chi connectivity index (χ1) is 8.24. The molecule has 1 fully saturated rings.